The van der Waals surface area contributed by atoms with E-state index in [1.807, 2.05) is 24.3 Å². The number of aromatic nitrogens is 2. The van der Waals surface area contributed by atoms with Gasteiger partial charge in [0.15, 0.2) is 0 Å². The van der Waals surface area contributed by atoms with Gasteiger partial charge in [-0.2, -0.15) is 0 Å². The van der Waals surface area contributed by atoms with Crippen molar-refractivity contribution in [2.45, 2.75) is 25.7 Å². The number of unbranched alkanes of at least 4 members (excludes halogenated alkanes) is 3. The van der Waals surface area contributed by atoms with E-state index in [0.717, 1.165) is 42.2 Å². The topological polar surface area (TPSA) is 40.7 Å². The van der Waals surface area contributed by atoms with Gasteiger partial charge in [0.05, 0.1) is 11.0 Å². The van der Waals surface area contributed by atoms with Gasteiger partial charge in [-0.05, 0) is 25.0 Å². The van der Waals surface area contributed by atoms with E-state index in [1.54, 1.807) is 0 Å². The molecule has 1 aromatic carbocycles. The summed E-state index contributed by atoms with van der Waals surface area (Å²) in [5, 5.41) is 3.31. The molecule has 0 aliphatic heterocycles. The number of benzene rings is 1. The highest BCUT2D eigenvalue weighted by atomic mass is 35.5. The molecule has 0 radical (unpaired) electrons. The zero-order valence-electron chi connectivity index (χ0n) is 9.88. The lowest BCUT2D eigenvalue weighted by atomic mass is 10.2. The minimum absolute atomic E-state index is 0.775. The first-order valence-corrected chi connectivity index (χ1v) is 6.68. The fourth-order valence-electron chi connectivity index (χ4n) is 1.82. The highest BCUT2D eigenvalue weighted by Crippen LogP contribution is 2.13. The van der Waals surface area contributed by atoms with Crippen LogP contribution in [0.3, 0.4) is 0 Å². The molecule has 92 valence electrons. The van der Waals surface area contributed by atoms with Gasteiger partial charge in [-0.3, -0.25) is 0 Å². The number of fused-ring (bicyclic) bond motifs is 1. The fraction of sp³-hybridized carbons (Fsp3) is 0.462. The molecule has 0 bridgehead atoms. The van der Waals surface area contributed by atoms with E-state index in [9.17, 15) is 0 Å². The Morgan fingerprint density at radius 1 is 1.12 bits per heavy atom. The Hall–Kier alpha value is -1.22. The van der Waals surface area contributed by atoms with Crippen LogP contribution in [0, 0.1) is 0 Å². The van der Waals surface area contributed by atoms with Gasteiger partial charge >= 0.3 is 0 Å². The average molecular weight is 252 g/mol. The first-order valence-electron chi connectivity index (χ1n) is 6.15. The zero-order valence-corrected chi connectivity index (χ0v) is 10.6. The number of nitrogens with zero attached hydrogens (tertiary/aromatic N) is 1. The predicted molar refractivity (Wildman–Crippen MR) is 73.8 cm³/mol. The van der Waals surface area contributed by atoms with Gasteiger partial charge in [0.2, 0.25) is 5.95 Å². The molecule has 0 spiro atoms. The normalized spacial score (nSPS) is 10.9. The summed E-state index contributed by atoms with van der Waals surface area (Å²) in [6.45, 7) is 0.960. The number of hydrogen-bond donors (Lipinski definition) is 2. The van der Waals surface area contributed by atoms with Crippen LogP contribution in [0.1, 0.15) is 25.7 Å². The van der Waals surface area contributed by atoms with E-state index < -0.39 is 0 Å². The second-order valence-corrected chi connectivity index (χ2v) is 4.51. The van der Waals surface area contributed by atoms with E-state index in [-0.39, 0.29) is 0 Å². The standard InChI is InChI=1S/C13H18ClN3/c14-9-5-1-2-6-10-15-13-16-11-7-3-4-8-12(11)17-13/h3-4,7-8H,1-2,5-6,9-10H2,(H2,15,16,17). The Kier molecular flexibility index (Phi) is 4.68. The molecule has 1 heterocycles. The van der Waals surface area contributed by atoms with Crippen molar-refractivity contribution in [3.8, 4) is 0 Å². The molecular weight excluding hydrogens is 234 g/mol. The molecule has 3 nitrogen and oxygen atoms in total. The predicted octanol–water partition coefficient (Wildman–Crippen LogP) is 3.77. The van der Waals surface area contributed by atoms with Gasteiger partial charge in [-0.1, -0.05) is 25.0 Å². The number of hydrogen-bond acceptors (Lipinski definition) is 2. The number of alkyl halides is 1. The lowest BCUT2D eigenvalue weighted by Gasteiger charge is -2.01. The summed E-state index contributed by atoms with van der Waals surface area (Å²) >= 11 is 5.62. The lowest BCUT2D eigenvalue weighted by molar-refractivity contribution is 0.686. The van der Waals surface area contributed by atoms with E-state index in [2.05, 4.69) is 15.3 Å². The summed E-state index contributed by atoms with van der Waals surface area (Å²) in [6.07, 6.45) is 4.71. The van der Waals surface area contributed by atoms with Crippen molar-refractivity contribution < 1.29 is 0 Å². The molecule has 2 N–H and O–H groups in total. The highest BCUT2D eigenvalue weighted by molar-refractivity contribution is 6.17. The Bertz CT molecular complexity index is 420. The van der Waals surface area contributed by atoms with Crippen molar-refractivity contribution in [3.63, 3.8) is 0 Å². The molecule has 17 heavy (non-hydrogen) atoms. The molecule has 1 aromatic heterocycles. The van der Waals surface area contributed by atoms with Crippen molar-refractivity contribution in [1.29, 1.82) is 0 Å². The highest BCUT2D eigenvalue weighted by Gasteiger charge is 1.99. The third kappa shape index (κ3) is 3.63. The fourth-order valence-corrected chi connectivity index (χ4v) is 2.01. The largest absolute Gasteiger partial charge is 0.356 e. The van der Waals surface area contributed by atoms with Gasteiger partial charge in [0, 0.05) is 12.4 Å². The molecule has 0 saturated carbocycles. The number of imidazole rings is 1. The summed E-state index contributed by atoms with van der Waals surface area (Å²) in [6, 6.07) is 8.06. The maximum atomic E-state index is 5.62. The second kappa shape index (κ2) is 6.50. The number of aromatic amines is 1. The summed E-state index contributed by atoms with van der Waals surface area (Å²) in [5.41, 5.74) is 2.09. The summed E-state index contributed by atoms with van der Waals surface area (Å²) in [7, 11) is 0. The maximum Gasteiger partial charge on any atom is 0.201 e. The minimum Gasteiger partial charge on any atom is -0.356 e. The number of nitrogens with one attached hydrogen (secondary N) is 2. The molecule has 2 rings (SSSR count). The Morgan fingerprint density at radius 2 is 1.94 bits per heavy atom. The molecule has 0 unspecified atom stereocenters. The monoisotopic (exact) mass is 251 g/mol. The molecule has 0 fully saturated rings. The molecule has 0 aliphatic carbocycles. The smallest absolute Gasteiger partial charge is 0.201 e. The maximum absolute atomic E-state index is 5.62. The minimum atomic E-state index is 0.775. The van der Waals surface area contributed by atoms with E-state index in [0.29, 0.717) is 0 Å². The van der Waals surface area contributed by atoms with E-state index in [4.69, 9.17) is 11.6 Å². The first kappa shape index (κ1) is 12.2. The molecule has 2 aromatic rings. The van der Waals surface area contributed by atoms with Gasteiger partial charge in [0.1, 0.15) is 0 Å². The van der Waals surface area contributed by atoms with Gasteiger partial charge in [-0.25, -0.2) is 4.98 Å². The van der Waals surface area contributed by atoms with Gasteiger partial charge in [-0.15, -0.1) is 11.6 Å². The van der Waals surface area contributed by atoms with Crippen LogP contribution in [-0.2, 0) is 0 Å². The summed E-state index contributed by atoms with van der Waals surface area (Å²) in [4.78, 5) is 7.71. The second-order valence-electron chi connectivity index (χ2n) is 4.13. The number of rotatable bonds is 7. The summed E-state index contributed by atoms with van der Waals surface area (Å²) in [5.74, 6) is 1.64. The molecule has 0 amide bonds. The number of anilines is 1. The van der Waals surface area contributed by atoms with Crippen molar-refractivity contribution in [2.75, 3.05) is 17.7 Å². The average Bonchev–Trinajstić information content (AvgIpc) is 2.76. The number of H-pyrrole nitrogens is 1. The molecule has 0 aliphatic rings. The molecular formula is C13H18ClN3. The van der Waals surface area contributed by atoms with Crippen LogP contribution in [0.4, 0.5) is 5.95 Å². The number of halogens is 1. The number of para-hydroxylation sites is 2. The van der Waals surface area contributed by atoms with Crippen molar-refractivity contribution in [2.24, 2.45) is 0 Å². The third-order valence-corrected chi connectivity index (χ3v) is 3.01. The van der Waals surface area contributed by atoms with Crippen molar-refractivity contribution in [1.82, 2.24) is 9.97 Å². The Balaban J connectivity index is 1.75. The quantitative estimate of drug-likeness (QED) is 0.581. The SMILES string of the molecule is ClCCCCCCNc1nc2ccccc2[nH]1. The molecule has 0 saturated heterocycles. The van der Waals surface area contributed by atoms with E-state index >= 15 is 0 Å². The third-order valence-electron chi connectivity index (χ3n) is 2.74. The van der Waals surface area contributed by atoms with Gasteiger partial charge in [0.25, 0.3) is 0 Å². The lowest BCUT2D eigenvalue weighted by Crippen LogP contribution is -2.02. The van der Waals surface area contributed by atoms with Crippen molar-refractivity contribution in [3.05, 3.63) is 24.3 Å². The zero-order chi connectivity index (χ0) is 11.9. The first-order chi connectivity index (χ1) is 8.40. The van der Waals surface area contributed by atoms with Crippen LogP contribution in [-0.4, -0.2) is 22.4 Å². The molecule has 4 heteroatoms. The van der Waals surface area contributed by atoms with Crippen LogP contribution in [0.15, 0.2) is 24.3 Å². The van der Waals surface area contributed by atoms with Crippen molar-refractivity contribution >= 4 is 28.6 Å². The van der Waals surface area contributed by atoms with Crippen LogP contribution >= 0.6 is 11.6 Å². The van der Waals surface area contributed by atoms with Crippen LogP contribution < -0.4 is 5.32 Å². The van der Waals surface area contributed by atoms with Crippen LogP contribution in [0.5, 0.6) is 0 Å². The summed E-state index contributed by atoms with van der Waals surface area (Å²) < 4.78 is 0. The van der Waals surface area contributed by atoms with E-state index in [1.165, 1.54) is 12.8 Å². The van der Waals surface area contributed by atoms with Gasteiger partial charge < -0.3 is 10.3 Å². The van der Waals surface area contributed by atoms with Crippen LogP contribution in [0.2, 0.25) is 0 Å². The Labute approximate surface area is 107 Å². The molecule has 0 atom stereocenters. The van der Waals surface area contributed by atoms with Crippen LogP contribution in [0.25, 0.3) is 11.0 Å². The Morgan fingerprint density at radius 3 is 2.76 bits per heavy atom.